The molecule has 3 rings (SSSR count). The SMILES string of the molecule is CCCCOc1ccc2ccc(NC(=O)NCC(C)NS(=O)(=O)c3ccccc3)c(=O)n2c1. The molecule has 2 aromatic heterocycles. The third kappa shape index (κ3) is 6.56. The molecule has 10 heteroatoms. The van der Waals surface area contributed by atoms with E-state index in [9.17, 15) is 18.0 Å². The number of amides is 2. The number of sulfonamides is 1. The number of carbonyl (C=O) groups is 1. The molecule has 0 radical (unpaired) electrons. The molecule has 33 heavy (non-hydrogen) atoms. The van der Waals surface area contributed by atoms with Gasteiger partial charge in [-0.1, -0.05) is 31.5 Å². The van der Waals surface area contributed by atoms with Crippen molar-refractivity contribution in [2.24, 2.45) is 0 Å². The van der Waals surface area contributed by atoms with E-state index in [0.717, 1.165) is 12.8 Å². The average Bonchev–Trinajstić information content (AvgIpc) is 2.80. The van der Waals surface area contributed by atoms with Crippen LogP contribution >= 0.6 is 0 Å². The van der Waals surface area contributed by atoms with Crippen molar-refractivity contribution in [2.75, 3.05) is 18.5 Å². The highest BCUT2D eigenvalue weighted by Crippen LogP contribution is 2.14. The van der Waals surface area contributed by atoms with Crippen LogP contribution in [0.5, 0.6) is 5.75 Å². The number of nitrogens with one attached hydrogen (secondary N) is 3. The molecule has 3 aromatic rings. The van der Waals surface area contributed by atoms with Gasteiger partial charge >= 0.3 is 6.03 Å². The quantitative estimate of drug-likeness (QED) is 0.392. The number of aromatic nitrogens is 1. The Morgan fingerprint density at radius 3 is 2.55 bits per heavy atom. The Hall–Kier alpha value is -3.37. The van der Waals surface area contributed by atoms with Crippen LogP contribution in [-0.2, 0) is 10.0 Å². The second-order valence-electron chi connectivity index (χ2n) is 7.58. The lowest BCUT2D eigenvalue weighted by molar-refractivity contribution is 0.251. The van der Waals surface area contributed by atoms with Gasteiger partial charge < -0.3 is 15.4 Å². The van der Waals surface area contributed by atoms with Crippen LogP contribution in [-0.4, -0.2) is 38.0 Å². The van der Waals surface area contributed by atoms with Gasteiger partial charge in [0.1, 0.15) is 11.4 Å². The highest BCUT2D eigenvalue weighted by atomic mass is 32.2. The molecule has 9 nitrogen and oxygen atoms in total. The predicted molar refractivity (Wildman–Crippen MR) is 127 cm³/mol. The summed E-state index contributed by atoms with van der Waals surface area (Å²) >= 11 is 0. The van der Waals surface area contributed by atoms with Crippen LogP contribution in [0.4, 0.5) is 10.5 Å². The lowest BCUT2D eigenvalue weighted by atomic mass is 10.3. The first kappa shape index (κ1) is 24.3. The minimum atomic E-state index is -3.70. The minimum Gasteiger partial charge on any atom is -0.492 e. The number of anilines is 1. The van der Waals surface area contributed by atoms with Crippen LogP contribution in [0.2, 0.25) is 0 Å². The Balaban J connectivity index is 1.61. The Bertz CT molecular complexity index is 1260. The number of benzene rings is 1. The van der Waals surface area contributed by atoms with Crippen LogP contribution in [0.25, 0.3) is 5.52 Å². The maximum absolute atomic E-state index is 12.8. The first-order chi connectivity index (χ1) is 15.8. The first-order valence-corrected chi connectivity index (χ1v) is 12.2. The molecule has 0 saturated heterocycles. The van der Waals surface area contributed by atoms with E-state index in [1.54, 1.807) is 49.5 Å². The van der Waals surface area contributed by atoms with Crippen LogP contribution in [0.15, 0.2) is 70.5 Å². The Labute approximate surface area is 192 Å². The predicted octanol–water partition coefficient (Wildman–Crippen LogP) is 2.97. The highest BCUT2D eigenvalue weighted by Gasteiger charge is 2.17. The third-order valence-electron chi connectivity index (χ3n) is 4.82. The second kappa shape index (κ2) is 11.0. The third-order valence-corrected chi connectivity index (χ3v) is 6.42. The molecule has 0 aliphatic carbocycles. The van der Waals surface area contributed by atoms with Gasteiger partial charge in [-0.15, -0.1) is 0 Å². The van der Waals surface area contributed by atoms with Crippen molar-refractivity contribution in [3.8, 4) is 5.75 Å². The molecule has 0 saturated carbocycles. The second-order valence-corrected chi connectivity index (χ2v) is 9.30. The van der Waals surface area contributed by atoms with Gasteiger partial charge in [-0.25, -0.2) is 17.9 Å². The number of nitrogens with zero attached hydrogens (tertiary/aromatic N) is 1. The summed E-state index contributed by atoms with van der Waals surface area (Å²) in [4.78, 5) is 25.3. The van der Waals surface area contributed by atoms with Crippen LogP contribution in [0, 0.1) is 0 Å². The van der Waals surface area contributed by atoms with E-state index < -0.39 is 27.7 Å². The summed E-state index contributed by atoms with van der Waals surface area (Å²) in [5, 5.41) is 5.10. The smallest absolute Gasteiger partial charge is 0.319 e. The number of pyridine rings is 2. The molecule has 1 aromatic carbocycles. The van der Waals surface area contributed by atoms with E-state index in [2.05, 4.69) is 22.3 Å². The molecular formula is C23H28N4O5S. The largest absolute Gasteiger partial charge is 0.492 e. The van der Waals surface area contributed by atoms with E-state index in [1.165, 1.54) is 22.6 Å². The van der Waals surface area contributed by atoms with E-state index >= 15 is 0 Å². The molecule has 0 aliphatic rings. The zero-order chi connectivity index (χ0) is 23.8. The molecule has 0 spiro atoms. The lowest BCUT2D eigenvalue weighted by Crippen LogP contribution is -2.43. The molecule has 1 atom stereocenters. The fourth-order valence-corrected chi connectivity index (χ4v) is 4.34. The monoisotopic (exact) mass is 472 g/mol. The molecular weight excluding hydrogens is 444 g/mol. The van der Waals surface area contributed by atoms with Crippen LogP contribution in [0.1, 0.15) is 26.7 Å². The van der Waals surface area contributed by atoms with Gasteiger partial charge in [0.15, 0.2) is 0 Å². The number of hydrogen-bond acceptors (Lipinski definition) is 5. The molecule has 2 amide bonds. The number of unbranched alkanes of at least 4 members (excludes halogenated alkanes) is 1. The van der Waals surface area contributed by atoms with E-state index in [0.29, 0.717) is 17.9 Å². The van der Waals surface area contributed by atoms with Crippen molar-refractivity contribution in [3.63, 3.8) is 0 Å². The van der Waals surface area contributed by atoms with E-state index in [-0.39, 0.29) is 17.1 Å². The van der Waals surface area contributed by atoms with Gasteiger partial charge in [-0.05, 0) is 49.7 Å². The van der Waals surface area contributed by atoms with Crippen LogP contribution < -0.4 is 25.7 Å². The number of carbonyl (C=O) groups excluding carboxylic acids is 1. The maximum atomic E-state index is 12.8. The van der Waals surface area contributed by atoms with Gasteiger partial charge in [0, 0.05) is 18.1 Å². The summed E-state index contributed by atoms with van der Waals surface area (Å²) < 4.78 is 34.3. The topological polar surface area (TPSA) is 118 Å². The van der Waals surface area contributed by atoms with Crippen molar-refractivity contribution in [3.05, 3.63) is 71.1 Å². The van der Waals surface area contributed by atoms with Gasteiger partial charge in [0.2, 0.25) is 10.0 Å². The molecule has 1 unspecified atom stereocenters. The molecule has 176 valence electrons. The van der Waals surface area contributed by atoms with Gasteiger partial charge in [-0.3, -0.25) is 9.20 Å². The van der Waals surface area contributed by atoms with Crippen molar-refractivity contribution < 1.29 is 17.9 Å². The van der Waals surface area contributed by atoms with Crippen molar-refractivity contribution in [1.82, 2.24) is 14.4 Å². The number of fused-ring (bicyclic) bond motifs is 1. The molecule has 0 bridgehead atoms. The van der Waals surface area contributed by atoms with E-state index in [1.807, 2.05) is 0 Å². The molecule has 0 fully saturated rings. The zero-order valence-electron chi connectivity index (χ0n) is 18.6. The summed E-state index contributed by atoms with van der Waals surface area (Å²) in [6, 6.07) is 13.6. The number of urea groups is 1. The minimum absolute atomic E-state index is 0.0300. The Kier molecular flexibility index (Phi) is 8.07. The zero-order valence-corrected chi connectivity index (χ0v) is 19.4. The fraction of sp³-hybridized carbons (Fsp3) is 0.304. The summed E-state index contributed by atoms with van der Waals surface area (Å²) in [5.74, 6) is 0.569. The molecule has 2 heterocycles. The van der Waals surface area contributed by atoms with Gasteiger partial charge in [-0.2, -0.15) is 0 Å². The number of ether oxygens (including phenoxy) is 1. The lowest BCUT2D eigenvalue weighted by Gasteiger charge is -2.15. The molecule has 3 N–H and O–H groups in total. The summed E-state index contributed by atoms with van der Waals surface area (Å²) in [7, 11) is -3.70. The first-order valence-electron chi connectivity index (χ1n) is 10.7. The van der Waals surface area contributed by atoms with Crippen molar-refractivity contribution >= 4 is 27.3 Å². The Morgan fingerprint density at radius 1 is 1.09 bits per heavy atom. The fourth-order valence-electron chi connectivity index (χ4n) is 3.08. The van der Waals surface area contributed by atoms with Crippen molar-refractivity contribution in [2.45, 2.75) is 37.6 Å². The van der Waals surface area contributed by atoms with Crippen LogP contribution in [0.3, 0.4) is 0 Å². The maximum Gasteiger partial charge on any atom is 0.319 e. The average molecular weight is 473 g/mol. The summed E-state index contributed by atoms with van der Waals surface area (Å²) in [6.07, 6.45) is 3.51. The van der Waals surface area contributed by atoms with Gasteiger partial charge in [0.05, 0.1) is 17.7 Å². The summed E-state index contributed by atoms with van der Waals surface area (Å²) in [5.41, 5.74) is 0.354. The van der Waals surface area contributed by atoms with E-state index in [4.69, 9.17) is 4.74 Å². The Morgan fingerprint density at radius 2 is 1.82 bits per heavy atom. The number of hydrogen-bond donors (Lipinski definition) is 3. The normalized spacial score (nSPS) is 12.3. The molecule has 0 aliphatic heterocycles. The van der Waals surface area contributed by atoms with Gasteiger partial charge in [0.25, 0.3) is 5.56 Å². The summed E-state index contributed by atoms with van der Waals surface area (Å²) in [6.45, 7) is 4.29. The van der Waals surface area contributed by atoms with Crippen molar-refractivity contribution in [1.29, 1.82) is 0 Å². The number of rotatable bonds is 10. The highest BCUT2D eigenvalue weighted by molar-refractivity contribution is 7.89. The standard InChI is InChI=1S/C23H28N4O5S/c1-3-4-14-32-19-12-10-18-11-13-21(22(28)27(18)16-19)25-23(29)24-15-17(2)26-33(30,31)20-8-6-5-7-9-20/h5-13,16-17,26H,3-4,14-15H2,1-2H3,(H2,24,25,29).